The van der Waals surface area contributed by atoms with Crippen LogP contribution < -0.4 is 10.1 Å². The monoisotopic (exact) mass is 421 g/mol. The van der Waals surface area contributed by atoms with Gasteiger partial charge >= 0.3 is 0 Å². The number of amides is 1. The van der Waals surface area contributed by atoms with E-state index in [-0.39, 0.29) is 18.3 Å². The smallest absolute Gasteiger partial charge is 0.268 e. The Labute approximate surface area is 156 Å². The van der Waals surface area contributed by atoms with Gasteiger partial charge in [0.25, 0.3) is 5.91 Å². The van der Waals surface area contributed by atoms with Crippen LogP contribution in [-0.2, 0) is 6.61 Å². The second kappa shape index (κ2) is 7.71. The first-order chi connectivity index (χ1) is 12.0. The fourth-order valence-electron chi connectivity index (χ4n) is 2.02. The van der Waals surface area contributed by atoms with Crippen LogP contribution in [-0.4, -0.2) is 15.9 Å². The zero-order chi connectivity index (χ0) is 17.8. The summed E-state index contributed by atoms with van der Waals surface area (Å²) >= 11 is 4.55. The average molecular weight is 422 g/mol. The van der Waals surface area contributed by atoms with Crippen molar-refractivity contribution >= 4 is 39.0 Å². The van der Waals surface area contributed by atoms with Gasteiger partial charge in [-0.3, -0.25) is 4.79 Å². The van der Waals surface area contributed by atoms with Crippen molar-refractivity contribution in [2.75, 3.05) is 5.32 Å². The number of aromatic nitrogens is 2. The number of thiazole rings is 1. The fourth-order valence-corrected chi connectivity index (χ4v) is 3.13. The topological polar surface area (TPSA) is 64.1 Å². The summed E-state index contributed by atoms with van der Waals surface area (Å²) in [5, 5.41) is 3.40. The molecule has 0 unspecified atom stereocenters. The van der Waals surface area contributed by atoms with Gasteiger partial charge in [0.05, 0.1) is 5.69 Å². The normalized spacial score (nSPS) is 10.5. The Balaban J connectivity index is 1.65. The molecule has 0 fully saturated rings. The van der Waals surface area contributed by atoms with Crippen LogP contribution in [0.1, 0.15) is 20.4 Å². The molecule has 1 amide bonds. The van der Waals surface area contributed by atoms with Crippen molar-refractivity contribution in [2.24, 2.45) is 0 Å². The summed E-state index contributed by atoms with van der Waals surface area (Å²) in [7, 11) is 0. The summed E-state index contributed by atoms with van der Waals surface area (Å²) in [5.41, 5.74) is 0.623. The van der Waals surface area contributed by atoms with E-state index in [2.05, 4.69) is 31.2 Å². The third-order valence-corrected chi connectivity index (χ3v) is 4.79. The Kier molecular flexibility index (Phi) is 5.40. The molecule has 1 N–H and O–H groups in total. The van der Waals surface area contributed by atoms with E-state index < -0.39 is 0 Å². The molecule has 0 aliphatic heterocycles. The van der Waals surface area contributed by atoms with Crippen molar-refractivity contribution in [1.82, 2.24) is 9.97 Å². The third kappa shape index (κ3) is 4.61. The lowest BCUT2D eigenvalue weighted by molar-refractivity contribution is 0.102. The number of benzene rings is 1. The molecular weight excluding hydrogens is 409 g/mol. The third-order valence-electron chi connectivity index (χ3n) is 3.19. The second-order valence-corrected chi connectivity index (χ2v) is 7.08. The van der Waals surface area contributed by atoms with Gasteiger partial charge in [-0.2, -0.15) is 0 Å². The Morgan fingerprint density at radius 3 is 2.72 bits per heavy atom. The molecule has 0 atom stereocenters. The second-order valence-electron chi connectivity index (χ2n) is 5.08. The lowest BCUT2D eigenvalue weighted by atomic mass is 10.3. The largest absolute Gasteiger partial charge is 0.486 e. The fraction of sp³-hybridized carbons (Fsp3) is 0.118. The van der Waals surface area contributed by atoms with E-state index >= 15 is 0 Å². The molecular formula is C17H13BrFN3O2S. The summed E-state index contributed by atoms with van der Waals surface area (Å²) in [6.07, 6.45) is 1.61. The number of nitrogens with zero attached hydrogens (tertiary/aromatic N) is 2. The SMILES string of the molecule is Cc1nc(COc2ccc(F)cc2)sc1C(=O)Nc1ccc(Br)cn1. The average Bonchev–Trinajstić information content (AvgIpc) is 2.97. The van der Waals surface area contributed by atoms with E-state index in [1.165, 1.54) is 23.5 Å². The predicted molar refractivity (Wildman–Crippen MR) is 97.5 cm³/mol. The molecule has 25 heavy (non-hydrogen) atoms. The molecule has 0 aliphatic carbocycles. The van der Waals surface area contributed by atoms with Crippen molar-refractivity contribution < 1.29 is 13.9 Å². The van der Waals surface area contributed by atoms with Crippen molar-refractivity contribution in [1.29, 1.82) is 0 Å². The molecule has 0 radical (unpaired) electrons. The van der Waals surface area contributed by atoms with Crippen LogP contribution >= 0.6 is 27.3 Å². The lowest BCUT2D eigenvalue weighted by Gasteiger charge is -2.03. The van der Waals surface area contributed by atoms with E-state index in [4.69, 9.17) is 4.74 Å². The van der Waals surface area contributed by atoms with Crippen LogP contribution in [0.3, 0.4) is 0 Å². The Bertz CT molecular complexity index is 882. The van der Waals surface area contributed by atoms with Crippen LogP contribution in [0.15, 0.2) is 47.1 Å². The van der Waals surface area contributed by atoms with Gasteiger partial charge < -0.3 is 10.1 Å². The number of carbonyl (C=O) groups excluding carboxylic acids is 1. The van der Waals surface area contributed by atoms with Gasteiger partial charge in [0, 0.05) is 10.7 Å². The molecule has 3 aromatic rings. The van der Waals surface area contributed by atoms with Crippen LogP contribution in [0.4, 0.5) is 10.2 Å². The molecule has 2 aromatic heterocycles. The molecule has 0 bridgehead atoms. The van der Waals surface area contributed by atoms with E-state index in [1.807, 2.05) is 0 Å². The highest BCUT2D eigenvalue weighted by molar-refractivity contribution is 9.10. The Morgan fingerprint density at radius 2 is 2.04 bits per heavy atom. The van der Waals surface area contributed by atoms with Crippen LogP contribution in [0, 0.1) is 12.7 Å². The van der Waals surface area contributed by atoms with Crippen LogP contribution in [0.5, 0.6) is 5.75 Å². The van der Waals surface area contributed by atoms with Gasteiger partial charge in [0.2, 0.25) is 0 Å². The molecule has 3 rings (SSSR count). The van der Waals surface area contributed by atoms with Crippen molar-refractivity contribution in [2.45, 2.75) is 13.5 Å². The maximum absolute atomic E-state index is 12.9. The number of anilines is 1. The number of hydrogen-bond acceptors (Lipinski definition) is 5. The highest BCUT2D eigenvalue weighted by atomic mass is 79.9. The van der Waals surface area contributed by atoms with E-state index in [1.54, 1.807) is 37.4 Å². The molecule has 128 valence electrons. The zero-order valence-corrected chi connectivity index (χ0v) is 15.5. The molecule has 5 nitrogen and oxygen atoms in total. The van der Waals surface area contributed by atoms with Gasteiger partial charge in [-0.25, -0.2) is 14.4 Å². The van der Waals surface area contributed by atoms with E-state index in [9.17, 15) is 9.18 Å². The number of pyridine rings is 1. The number of aryl methyl sites for hydroxylation is 1. The predicted octanol–water partition coefficient (Wildman–Crippen LogP) is 4.58. The van der Waals surface area contributed by atoms with Gasteiger partial charge in [-0.1, -0.05) is 0 Å². The summed E-state index contributed by atoms with van der Waals surface area (Å²) in [6.45, 7) is 1.97. The van der Waals surface area contributed by atoms with Crippen molar-refractivity contribution in [3.05, 3.63) is 68.5 Å². The molecule has 1 aromatic carbocycles. The minimum atomic E-state index is -0.321. The number of ether oxygens (including phenoxy) is 1. The van der Waals surface area contributed by atoms with Crippen molar-refractivity contribution in [3.8, 4) is 5.75 Å². The first-order valence-corrected chi connectivity index (χ1v) is 8.90. The maximum atomic E-state index is 12.9. The molecule has 0 saturated heterocycles. The molecule has 8 heteroatoms. The number of carbonyl (C=O) groups is 1. The standard InChI is InChI=1S/C17H13BrFN3O2S/c1-10-16(17(23)22-14-7-2-11(18)8-20-14)25-15(21-10)9-24-13-5-3-12(19)4-6-13/h2-8H,9H2,1H3,(H,20,22,23). The van der Waals surface area contributed by atoms with Crippen molar-refractivity contribution in [3.63, 3.8) is 0 Å². The number of halogens is 2. The zero-order valence-electron chi connectivity index (χ0n) is 13.1. The highest BCUT2D eigenvalue weighted by Gasteiger charge is 2.16. The summed E-state index contributed by atoms with van der Waals surface area (Å²) in [5.74, 6) is 0.417. The highest BCUT2D eigenvalue weighted by Crippen LogP contribution is 2.22. The Hall–Kier alpha value is -2.32. The number of rotatable bonds is 5. The minimum Gasteiger partial charge on any atom is -0.486 e. The van der Waals surface area contributed by atoms with Gasteiger partial charge in [0.15, 0.2) is 0 Å². The molecule has 0 aliphatic rings. The van der Waals surface area contributed by atoms with Gasteiger partial charge in [0.1, 0.15) is 33.9 Å². The maximum Gasteiger partial charge on any atom is 0.268 e. The number of nitrogens with one attached hydrogen (secondary N) is 1. The van der Waals surface area contributed by atoms with Crippen LogP contribution in [0.25, 0.3) is 0 Å². The van der Waals surface area contributed by atoms with Crippen LogP contribution in [0.2, 0.25) is 0 Å². The molecule has 0 saturated carbocycles. The van der Waals surface area contributed by atoms with E-state index in [0.29, 0.717) is 27.1 Å². The van der Waals surface area contributed by atoms with Gasteiger partial charge in [-0.05, 0) is 59.3 Å². The summed E-state index contributed by atoms with van der Waals surface area (Å²) in [4.78, 5) is 21.3. The number of hydrogen-bond donors (Lipinski definition) is 1. The van der Waals surface area contributed by atoms with E-state index in [0.717, 1.165) is 4.47 Å². The summed E-state index contributed by atoms with van der Waals surface area (Å²) < 4.78 is 19.3. The minimum absolute atomic E-state index is 0.209. The quantitative estimate of drug-likeness (QED) is 0.654. The molecule has 0 spiro atoms. The Morgan fingerprint density at radius 1 is 1.28 bits per heavy atom. The first kappa shape index (κ1) is 17.5. The molecule has 2 heterocycles. The lowest BCUT2D eigenvalue weighted by Crippen LogP contribution is -2.12. The summed E-state index contributed by atoms with van der Waals surface area (Å²) in [6, 6.07) is 9.24. The van der Waals surface area contributed by atoms with Gasteiger partial charge in [-0.15, -0.1) is 11.3 Å². The first-order valence-electron chi connectivity index (χ1n) is 7.29.